The van der Waals surface area contributed by atoms with E-state index in [0.717, 1.165) is 44.5 Å². The molecule has 0 radical (unpaired) electrons. The van der Waals surface area contributed by atoms with Crippen molar-refractivity contribution in [3.8, 4) is 46.0 Å². The lowest BCUT2D eigenvalue weighted by molar-refractivity contribution is 0.0541. The first-order chi connectivity index (χ1) is 56.2. The van der Waals surface area contributed by atoms with E-state index in [4.69, 9.17) is 37.9 Å². The summed E-state index contributed by atoms with van der Waals surface area (Å²) in [7, 11) is 0. The summed E-state index contributed by atoms with van der Waals surface area (Å²) in [5.74, 6) is 0.619. The molecule has 0 fully saturated rings. The molecule has 0 spiro atoms. The van der Waals surface area contributed by atoms with Crippen LogP contribution in [0.15, 0.2) is 137 Å². The third-order valence-corrected chi connectivity index (χ3v) is 18.7. The second-order valence-electron chi connectivity index (χ2n) is 28.8. The summed E-state index contributed by atoms with van der Waals surface area (Å²) in [6, 6.07) is 30.1. The number of fused-ring (bicyclic) bond motifs is 16. The molecule has 8 aromatic rings. The Morgan fingerprint density at radius 3 is 0.397 bits per heavy atom. The Balaban J connectivity index is 0.770. The molecule has 1 heterocycles. The van der Waals surface area contributed by atoms with Crippen molar-refractivity contribution in [2.75, 3.05) is 158 Å². The highest BCUT2D eigenvalue weighted by atomic mass is 16.5. The van der Waals surface area contributed by atoms with E-state index in [9.17, 15) is 40.9 Å². The fourth-order valence-corrected chi connectivity index (χ4v) is 13.3. The van der Waals surface area contributed by atoms with Gasteiger partial charge >= 0.3 is 0 Å². The third kappa shape index (κ3) is 28.9. The van der Waals surface area contributed by atoms with Crippen LogP contribution in [0.1, 0.15) is 134 Å². The van der Waals surface area contributed by atoms with Gasteiger partial charge in [-0.3, -0.25) is 39.9 Å². The number of benzene rings is 8. The number of aryl methyl sites for hydroxylation is 8. The molecule has 8 aromatic carbocycles. The van der Waals surface area contributed by atoms with Crippen LogP contribution in [0.5, 0.6) is 46.0 Å². The lowest BCUT2D eigenvalue weighted by Gasteiger charge is -2.13. The van der Waals surface area contributed by atoms with Crippen LogP contribution in [0.3, 0.4) is 0 Å². The Kier molecular flexibility index (Phi) is 36.3. The van der Waals surface area contributed by atoms with Crippen LogP contribution in [0.2, 0.25) is 0 Å². The average Bonchev–Trinajstić information content (AvgIpc) is 0.824. The first-order valence-corrected chi connectivity index (χ1v) is 39.4. The lowest BCUT2D eigenvalue weighted by atomic mass is 9.96. The maximum Gasteiger partial charge on any atom is 0.127 e. The summed E-state index contributed by atoms with van der Waals surface area (Å²) in [5, 5.41) is 91.2. The van der Waals surface area contributed by atoms with Crippen molar-refractivity contribution in [1.29, 1.82) is 0 Å². The summed E-state index contributed by atoms with van der Waals surface area (Å²) in [5.41, 5.74) is 17.0. The standard InChI is InChI=1S/C92H112N8O16/c1-61-33-69-49-70-34-62(2)42-78(86(70)102)54-94-10-18-111-27-28-112-20-12-96-56-80-44-65(5)37-73(89(80)105)51-74-38-66(6)46-82(90(74)106)58-98-14-22-115-31-32-116-24-16-100-60-84-48-68(8)40-76(92(84)108)52-75-39-67(7)47-83(91(75)107)59-99-15-23-114-30-29-113-21-13-97-57-81-45-64(4)36-72(88(81)104)50-71-35-63(3)43-79(87(71)103)55-95-11-19-110-26-25-109-17-9-93-53-77(41-61)85(69)101/h33-48,53-60,101-108H,9-32,49-52H2,1-8H3. The highest BCUT2D eigenvalue weighted by molar-refractivity contribution is 5.90. The Labute approximate surface area is 680 Å². The number of ether oxygens (including phenoxy) is 8. The molecule has 0 saturated carbocycles. The maximum absolute atomic E-state index is 11.4. The highest BCUT2D eigenvalue weighted by Gasteiger charge is 2.19. The van der Waals surface area contributed by atoms with Crippen LogP contribution in [0, 0.1) is 55.4 Å². The zero-order chi connectivity index (χ0) is 82.6. The summed E-state index contributed by atoms with van der Waals surface area (Å²) in [6.45, 7) is 24.0. The fourth-order valence-electron chi connectivity index (χ4n) is 13.3. The first kappa shape index (κ1) is 89.1. The average molecular weight is 1590 g/mol. The number of phenols is 8. The van der Waals surface area contributed by atoms with Gasteiger partial charge in [0.2, 0.25) is 0 Å². The smallest absolute Gasteiger partial charge is 0.127 e. The number of hydrogen-bond acceptors (Lipinski definition) is 24. The summed E-state index contributed by atoms with van der Waals surface area (Å²) in [6.07, 6.45) is 14.2. The Morgan fingerprint density at radius 1 is 0.172 bits per heavy atom. The zero-order valence-corrected chi connectivity index (χ0v) is 68.1. The molecule has 0 atom stereocenters. The number of aromatic hydroxyl groups is 8. The molecule has 24 heteroatoms. The molecule has 0 aromatic heterocycles. The van der Waals surface area contributed by atoms with E-state index in [0.29, 0.717) is 247 Å². The molecule has 1 aliphatic heterocycles. The van der Waals surface area contributed by atoms with Crippen LogP contribution in [-0.2, 0) is 63.6 Å². The van der Waals surface area contributed by atoms with E-state index < -0.39 is 0 Å². The number of nitrogens with zero attached hydrogens (tertiary/aromatic N) is 8. The summed E-state index contributed by atoms with van der Waals surface area (Å²) in [4.78, 5) is 36.2. The summed E-state index contributed by atoms with van der Waals surface area (Å²) < 4.78 is 46.2. The van der Waals surface area contributed by atoms with Gasteiger partial charge in [0.25, 0.3) is 0 Å². The van der Waals surface area contributed by atoms with Crippen LogP contribution in [0.4, 0.5) is 0 Å². The fraction of sp³-hybridized carbons (Fsp3) is 0.391. The van der Waals surface area contributed by atoms with Crippen LogP contribution >= 0.6 is 0 Å². The van der Waals surface area contributed by atoms with Gasteiger partial charge in [-0.1, -0.05) is 48.5 Å². The van der Waals surface area contributed by atoms with Gasteiger partial charge in [0.15, 0.2) is 0 Å². The molecule has 0 aliphatic carbocycles. The number of hydrogen-bond donors (Lipinski definition) is 8. The first-order valence-electron chi connectivity index (χ1n) is 39.4. The minimum Gasteiger partial charge on any atom is -0.507 e. The van der Waals surface area contributed by atoms with Crippen LogP contribution < -0.4 is 0 Å². The van der Waals surface area contributed by atoms with Gasteiger partial charge < -0.3 is 78.7 Å². The van der Waals surface area contributed by atoms with Gasteiger partial charge in [0.1, 0.15) is 46.0 Å². The molecular weight excluding hydrogens is 1470 g/mol. The normalized spacial score (nSPS) is 16.1. The van der Waals surface area contributed by atoms with E-state index in [1.807, 2.05) is 152 Å². The van der Waals surface area contributed by atoms with Crippen molar-refractivity contribution < 1.29 is 78.7 Å². The second kappa shape index (κ2) is 47.3. The summed E-state index contributed by atoms with van der Waals surface area (Å²) >= 11 is 0. The monoisotopic (exact) mass is 1580 g/mol. The number of phenolic OH excluding ortho intramolecular Hbond substituents is 8. The van der Waals surface area contributed by atoms with Crippen molar-refractivity contribution >= 4 is 49.7 Å². The topological polar surface area (TPSA) is 335 Å². The van der Waals surface area contributed by atoms with Gasteiger partial charge in [0.05, 0.1) is 158 Å². The van der Waals surface area contributed by atoms with Gasteiger partial charge in [0, 0.05) is 120 Å². The van der Waals surface area contributed by atoms with Crippen molar-refractivity contribution in [1.82, 2.24) is 0 Å². The van der Waals surface area contributed by atoms with Crippen LogP contribution in [-0.4, -0.2) is 249 Å². The Hall–Kier alpha value is -10.8. The van der Waals surface area contributed by atoms with E-state index in [1.165, 1.54) is 0 Å². The molecule has 116 heavy (non-hydrogen) atoms. The molecule has 16 bridgehead atoms. The van der Waals surface area contributed by atoms with Gasteiger partial charge in [-0.15, -0.1) is 0 Å². The van der Waals surface area contributed by atoms with E-state index >= 15 is 0 Å². The molecule has 0 unspecified atom stereocenters. The number of aliphatic imine (C=N–C) groups is 8. The maximum atomic E-state index is 11.4. The molecule has 0 saturated heterocycles. The third-order valence-electron chi connectivity index (χ3n) is 18.7. The second-order valence-corrected chi connectivity index (χ2v) is 28.8. The minimum atomic E-state index is 0.0774. The van der Waals surface area contributed by atoms with Crippen molar-refractivity contribution in [2.45, 2.75) is 81.1 Å². The zero-order valence-electron chi connectivity index (χ0n) is 68.1. The Bertz CT molecular complexity index is 3930. The van der Waals surface area contributed by atoms with Gasteiger partial charge in [-0.2, -0.15) is 0 Å². The van der Waals surface area contributed by atoms with E-state index in [1.54, 1.807) is 49.7 Å². The predicted octanol–water partition coefficient (Wildman–Crippen LogP) is 12.8. The molecule has 8 N–H and O–H groups in total. The predicted molar refractivity (Wildman–Crippen MR) is 460 cm³/mol. The van der Waals surface area contributed by atoms with Crippen molar-refractivity contribution in [3.05, 3.63) is 231 Å². The molecule has 9 rings (SSSR count). The quantitative estimate of drug-likeness (QED) is 0.0699. The molecule has 24 nitrogen and oxygen atoms in total. The largest absolute Gasteiger partial charge is 0.507 e. The van der Waals surface area contributed by atoms with Gasteiger partial charge in [-0.25, -0.2) is 0 Å². The highest BCUT2D eigenvalue weighted by Crippen LogP contribution is 2.36. The van der Waals surface area contributed by atoms with E-state index in [-0.39, 0.29) is 71.7 Å². The molecule has 616 valence electrons. The molecule has 0 amide bonds. The van der Waals surface area contributed by atoms with Crippen molar-refractivity contribution in [3.63, 3.8) is 0 Å². The minimum absolute atomic E-state index is 0.0774. The SMILES string of the molecule is Cc1cc2c(O)c(c1)Cc1cc(C)cc(c1O)C=NCCOCCOCCN=Cc1cc(C)cc(c1O)Cc1cc(C)cc(c1O)C=NCCOCCOCCN=Cc1cc(C)cc(c1O)Cc1cc(C)cc(c1O)C=NCCOCCOCCN=Cc1cc(C)cc(c1O)Cc1cc(C)cc(c1O)C=NCCOCCOCCN=C2. The van der Waals surface area contributed by atoms with Crippen LogP contribution in [0.25, 0.3) is 0 Å². The van der Waals surface area contributed by atoms with Crippen molar-refractivity contribution in [2.24, 2.45) is 39.9 Å². The van der Waals surface area contributed by atoms with Gasteiger partial charge in [-0.05, 0) is 193 Å². The lowest BCUT2D eigenvalue weighted by Crippen LogP contribution is -2.09. The Morgan fingerprint density at radius 2 is 0.284 bits per heavy atom. The van der Waals surface area contributed by atoms with E-state index in [2.05, 4.69) is 39.9 Å². The number of rotatable bonds is 0. The molecule has 1 aliphatic rings. The molecular formula is C92H112N8O16.